The Morgan fingerprint density at radius 3 is 0.993 bits per heavy atom. The van der Waals surface area contributed by atoms with Crippen molar-refractivity contribution in [1.82, 2.24) is 59.5 Å². The van der Waals surface area contributed by atoms with Gasteiger partial charge in [-0.2, -0.15) is 19.9 Å². The Morgan fingerprint density at radius 1 is 0.369 bits per heavy atom. The van der Waals surface area contributed by atoms with E-state index in [-0.39, 0.29) is 34.9 Å². The number of halogens is 8. The molecule has 12 fully saturated rings. The molecule has 21 rings (SSSR count). The fourth-order valence-electron chi connectivity index (χ4n) is 25.0. The number of benzene rings is 5. The number of rotatable bonds is 29. The van der Waals surface area contributed by atoms with Crippen LogP contribution in [0.2, 0.25) is 30.1 Å². The number of carboxylic acid groups (broad SMARTS) is 4. The Morgan fingerprint density at radius 2 is 0.658 bits per heavy atom. The predicted molar refractivity (Wildman–Crippen MR) is 596 cm³/mol. The summed E-state index contributed by atoms with van der Waals surface area (Å²) in [4.78, 5) is 103. The average molecular weight is 2220 g/mol. The number of hydrogen-bond acceptors (Lipinski definition) is 24. The maximum Gasteiger partial charge on any atom is 0.309 e. The zero-order valence-corrected chi connectivity index (χ0v) is 93.7. The molecule has 149 heavy (non-hydrogen) atoms. The van der Waals surface area contributed by atoms with Crippen molar-refractivity contribution in [1.29, 1.82) is 0 Å². The lowest BCUT2D eigenvalue weighted by atomic mass is 9.65. The number of nitrogens with zero attached hydrogens (tertiary/aromatic N) is 16. The standard InChI is InChI=1S/C31H38ClN5O2.C28H36Cl2FN5O2.C27H35BrClN5O2.C27H35Cl2N5O2/c1-19-10-11-24(26(32)13-19)20(2)33-28-25-8-4-5-9-27(25)34-30(35-28)37-17-22(18-37)21-7-6-12-36(16-21)23-14-31(3,15-23)29(38)39;1-16-6-7-21(22(29)9-16)17(2)32-25-24(30)23(12-31)33-27(34-25)36-14-19(15-36)18-5-4-8-35(13-18)20-10-28(3,11-20)26(37)38;1-16-6-7-21(23(29)9-16)17(2)31-24-22(28)12-30-26(32-24)34-14-19(15-34)18-5-4-8-33(13-18)20-10-27(3,11-20)25(35)36;1-16-6-7-21(22(28)9-16)17(2)31-24-23(29)12-30-26(32-24)34-14-19(15-34)18-5-4-8-33(13-18)20-10-27(3,11-20)25(35)36/h4-5,8-11,13,20-23H,6-7,12,14-18H2,1-3H3,(H,38,39)(H,33,34,35);6-7,9,17-20H,4-5,8,10-15H2,1-3H3,(H,37,38)(H,32,33,34);2*6-7,9,12,17-20H,4-5,8,10-11,13-15H2,1-3H3,(H,35,36)(H,30,31,32). The molecule has 0 bridgehead atoms. The molecule has 28 nitrogen and oxygen atoms in total. The lowest BCUT2D eigenvalue weighted by Gasteiger charge is -2.52. The van der Waals surface area contributed by atoms with Gasteiger partial charge in [0, 0.05) is 134 Å². The molecule has 4 aliphatic carbocycles. The van der Waals surface area contributed by atoms with Gasteiger partial charge in [0.25, 0.3) is 0 Å². The van der Waals surface area contributed by atoms with E-state index in [0.29, 0.717) is 105 Å². The van der Waals surface area contributed by atoms with Crippen molar-refractivity contribution in [2.24, 2.45) is 69.0 Å². The van der Waals surface area contributed by atoms with Gasteiger partial charge in [0.1, 0.15) is 28.4 Å². The number of hydrogen-bond donors (Lipinski definition) is 8. The Hall–Kier alpha value is -9.05. The summed E-state index contributed by atoms with van der Waals surface area (Å²) in [7, 11) is 0. The van der Waals surface area contributed by atoms with E-state index in [2.05, 4.69) is 153 Å². The van der Waals surface area contributed by atoms with Gasteiger partial charge >= 0.3 is 23.9 Å². The summed E-state index contributed by atoms with van der Waals surface area (Å²) in [5.74, 6) is 7.58. The molecule has 0 spiro atoms. The second kappa shape index (κ2) is 45.9. The van der Waals surface area contributed by atoms with Crippen LogP contribution in [0.4, 0.5) is 51.5 Å². The van der Waals surface area contributed by atoms with E-state index < -0.39 is 52.2 Å². The molecule has 4 saturated carbocycles. The van der Waals surface area contributed by atoms with Crippen molar-refractivity contribution in [3.8, 4) is 0 Å². The molecule has 8 unspecified atom stereocenters. The first-order valence-electron chi connectivity index (χ1n) is 53.5. The van der Waals surface area contributed by atoms with E-state index in [4.69, 9.17) is 89.5 Å². The number of alkyl halides is 1. The largest absolute Gasteiger partial charge is 0.481 e. The molecule has 12 aliphatic rings. The minimum Gasteiger partial charge on any atom is -0.481 e. The number of aromatic nitrogens is 8. The van der Waals surface area contributed by atoms with Crippen LogP contribution in [0.15, 0.2) is 114 Å². The highest BCUT2D eigenvalue weighted by Gasteiger charge is 2.55. The van der Waals surface area contributed by atoms with Crippen molar-refractivity contribution >= 4 is 167 Å². The molecule has 0 radical (unpaired) electrons. The molecule has 4 aromatic heterocycles. The number of fused-ring (bicyclic) bond motifs is 1. The van der Waals surface area contributed by atoms with Crippen molar-refractivity contribution in [3.05, 3.63) is 194 Å². The van der Waals surface area contributed by atoms with Crippen molar-refractivity contribution in [2.75, 3.05) is 146 Å². The molecule has 5 aromatic carbocycles. The van der Waals surface area contributed by atoms with Crippen LogP contribution >= 0.6 is 85.5 Å². The van der Waals surface area contributed by atoms with E-state index in [9.17, 15) is 44.0 Å². The number of para-hydroxylation sites is 1. The fraction of sp³-hybridized carbons (Fsp3) is 0.575. The van der Waals surface area contributed by atoms with E-state index >= 15 is 0 Å². The molecule has 12 heterocycles. The number of nitrogens with one attached hydrogen (secondary N) is 4. The summed E-state index contributed by atoms with van der Waals surface area (Å²) in [5, 5.41) is 56.3. The molecular weight excluding hydrogens is 2080 g/mol. The van der Waals surface area contributed by atoms with E-state index in [1.165, 1.54) is 44.9 Å². The van der Waals surface area contributed by atoms with E-state index in [0.717, 1.165) is 261 Å². The van der Waals surface area contributed by atoms with Crippen LogP contribution < -0.4 is 40.9 Å². The monoisotopic (exact) mass is 2220 g/mol. The fourth-order valence-corrected chi connectivity index (χ4v) is 27.2. The Balaban J connectivity index is 0.000000130. The van der Waals surface area contributed by atoms with Crippen LogP contribution in [0, 0.1) is 96.7 Å². The van der Waals surface area contributed by atoms with Crippen LogP contribution in [0.1, 0.15) is 232 Å². The van der Waals surface area contributed by atoms with Gasteiger partial charge in [-0.05, 0) is 356 Å². The van der Waals surface area contributed by atoms with Crippen molar-refractivity contribution < 1.29 is 44.0 Å². The topological polar surface area (TPSA) is 326 Å². The Bertz CT molecular complexity index is 6180. The lowest BCUT2D eigenvalue weighted by molar-refractivity contribution is -0.159. The number of piperidine rings is 4. The first kappa shape index (κ1) is 110. The second-order valence-electron chi connectivity index (χ2n) is 46.4. The number of aryl methyl sites for hydroxylation is 4. The quantitative estimate of drug-likeness (QED) is 0.0216. The summed E-state index contributed by atoms with van der Waals surface area (Å²) in [5.41, 5.74) is 7.43. The highest BCUT2D eigenvalue weighted by molar-refractivity contribution is 9.10. The SMILES string of the molecule is Cc1ccc(C(C)Nc2nc(N3CC(C4CCCN(C5CC(C)(C(=O)O)C5)C4)C3)nc(CF)c2Cl)c(Cl)c1.Cc1ccc(C(C)Nc2nc(N3CC(C4CCCN(C5CC(C)(C(=O)O)C5)C4)C3)nc3ccccc23)c(Cl)c1.Cc1ccc(C(C)Nc2nc(N3CC(C4CCCN(C5CC(C)(C(=O)O)C5)C4)C3)ncc2Br)c(Cl)c1.Cc1ccc(C(C)Nc2nc(N3CC(C4CCCN(C5CC(C)(C(=O)O)C5)C4)C3)ncc2Cl)c(Cl)c1. The summed E-state index contributed by atoms with van der Waals surface area (Å²) >= 11 is 42.5. The first-order valence-corrected chi connectivity index (χ1v) is 56.5. The van der Waals surface area contributed by atoms with Gasteiger partial charge in [-0.1, -0.05) is 130 Å². The highest BCUT2D eigenvalue weighted by atomic mass is 79.9. The number of anilines is 8. The van der Waals surface area contributed by atoms with Crippen LogP contribution in [-0.2, 0) is 25.9 Å². The predicted octanol–water partition coefficient (Wildman–Crippen LogP) is 23.7. The smallest absolute Gasteiger partial charge is 0.309 e. The molecule has 9 aromatic rings. The Kier molecular flexibility index (Phi) is 33.8. The molecule has 8 atom stereocenters. The molecule has 8 aliphatic heterocycles. The minimum atomic E-state index is -0.770. The first-order chi connectivity index (χ1) is 71.0. The van der Waals surface area contributed by atoms with Gasteiger partial charge in [-0.25, -0.2) is 24.3 Å². The number of aliphatic carboxylic acids is 4. The molecule has 8 N–H and O–H groups in total. The van der Waals surface area contributed by atoms with Crippen LogP contribution in [0.3, 0.4) is 0 Å². The number of likely N-dealkylation sites (tertiary alicyclic amines) is 4. The molecule has 800 valence electrons. The maximum absolute atomic E-state index is 13.8. The van der Waals surface area contributed by atoms with Crippen molar-refractivity contribution in [3.63, 3.8) is 0 Å². The normalized spacial score (nSPS) is 27.2. The van der Waals surface area contributed by atoms with Crippen molar-refractivity contribution in [2.45, 2.75) is 241 Å². The molecule has 36 heteroatoms. The van der Waals surface area contributed by atoms with Gasteiger partial charge in [0.2, 0.25) is 23.8 Å². The minimum absolute atomic E-state index is 0.00361. The third kappa shape index (κ3) is 24.5. The summed E-state index contributed by atoms with van der Waals surface area (Å²) in [6.07, 6.45) is 19.2. The zero-order chi connectivity index (χ0) is 106. The van der Waals surface area contributed by atoms with E-state index in [1.807, 2.05) is 130 Å². The third-order valence-electron chi connectivity index (χ3n) is 35.0. The summed E-state index contributed by atoms with van der Waals surface area (Å²) < 4.78 is 14.7. The van der Waals surface area contributed by atoms with Crippen LogP contribution in [-0.4, -0.2) is 233 Å². The number of carbonyl (C=O) groups is 4. The summed E-state index contributed by atoms with van der Waals surface area (Å²) in [6.45, 7) is 39.0. The highest BCUT2D eigenvalue weighted by Crippen LogP contribution is 2.52. The second-order valence-corrected chi connectivity index (χ2v) is 49.7. The maximum atomic E-state index is 13.8. The van der Waals surface area contributed by atoms with Gasteiger partial charge in [-0.3, -0.25) is 19.2 Å². The molecular formula is C113H144BrCl6FN20O8. The van der Waals surface area contributed by atoms with Gasteiger partial charge in [0.05, 0.1) is 67.7 Å². The zero-order valence-electron chi connectivity index (χ0n) is 87.6. The number of carboxylic acids is 4. The van der Waals surface area contributed by atoms with Crippen LogP contribution in [0.5, 0.6) is 0 Å². The third-order valence-corrected chi connectivity index (χ3v) is 37.6. The van der Waals surface area contributed by atoms with Gasteiger partial charge in [0.15, 0.2) is 11.6 Å². The summed E-state index contributed by atoms with van der Waals surface area (Å²) in [6, 6.07) is 33.8. The Labute approximate surface area is 913 Å². The molecule has 0 amide bonds. The van der Waals surface area contributed by atoms with E-state index in [1.54, 1.807) is 6.20 Å². The van der Waals surface area contributed by atoms with Crippen LogP contribution in [0.25, 0.3) is 10.9 Å². The van der Waals surface area contributed by atoms with Gasteiger partial charge in [-0.15, -0.1) is 0 Å². The van der Waals surface area contributed by atoms with Gasteiger partial charge < -0.3 is 80.9 Å². The lowest BCUT2D eigenvalue weighted by Crippen LogP contribution is -2.58. The average Bonchev–Trinajstić information content (AvgIpc) is 0.768. The molecule has 8 saturated heterocycles.